The van der Waals surface area contributed by atoms with Gasteiger partial charge in [0.1, 0.15) is 18.2 Å². The second kappa shape index (κ2) is 11.1. The van der Waals surface area contributed by atoms with Gasteiger partial charge < -0.3 is 20.1 Å². The number of fused-ring (bicyclic) bond motifs is 5. The Morgan fingerprint density at radius 1 is 1.02 bits per heavy atom. The van der Waals surface area contributed by atoms with E-state index in [1.165, 1.54) is 38.5 Å². The van der Waals surface area contributed by atoms with Crippen LogP contribution in [0.2, 0.25) is 0 Å². The van der Waals surface area contributed by atoms with E-state index in [0.29, 0.717) is 30.4 Å². The van der Waals surface area contributed by atoms with Crippen LogP contribution in [0.15, 0.2) is 42.6 Å². The fraction of sp³-hybridized carbons (Fsp3) is 0.486. The van der Waals surface area contributed by atoms with Crippen molar-refractivity contribution < 1.29 is 9.84 Å². The fourth-order valence-electron chi connectivity index (χ4n) is 8.73. The maximum Gasteiger partial charge on any atom is 0.319 e. The molecule has 0 amide bonds. The minimum Gasteiger partial charge on any atom is -0.508 e. The van der Waals surface area contributed by atoms with Gasteiger partial charge >= 0.3 is 6.01 Å². The van der Waals surface area contributed by atoms with Crippen molar-refractivity contribution in [2.24, 2.45) is 11.8 Å². The summed E-state index contributed by atoms with van der Waals surface area (Å²) in [5.74, 6) is 5.31. The van der Waals surface area contributed by atoms with Crippen LogP contribution in [-0.4, -0.2) is 75.4 Å². The van der Waals surface area contributed by atoms with E-state index in [9.17, 15) is 5.11 Å². The molecule has 8 heteroatoms. The zero-order chi connectivity index (χ0) is 30.7. The first kappa shape index (κ1) is 28.5. The molecule has 6 heterocycles. The van der Waals surface area contributed by atoms with Crippen molar-refractivity contribution >= 4 is 27.5 Å². The molecule has 232 valence electrons. The molecule has 8 rings (SSSR count). The van der Waals surface area contributed by atoms with Crippen molar-refractivity contribution in [2.45, 2.75) is 70.0 Å². The van der Waals surface area contributed by atoms with Crippen LogP contribution in [0.4, 0.5) is 5.82 Å². The molecule has 0 saturated carbocycles. The van der Waals surface area contributed by atoms with Gasteiger partial charge in [-0.1, -0.05) is 44.7 Å². The van der Waals surface area contributed by atoms with E-state index in [4.69, 9.17) is 26.1 Å². The van der Waals surface area contributed by atoms with Gasteiger partial charge in [0.2, 0.25) is 0 Å². The number of nitrogens with zero attached hydrogens (tertiary/aromatic N) is 5. The number of phenols is 1. The predicted molar refractivity (Wildman–Crippen MR) is 179 cm³/mol. The molecule has 2 aromatic carbocycles. The summed E-state index contributed by atoms with van der Waals surface area (Å²) < 4.78 is 6.67. The number of pyridine rings is 1. The molecule has 4 atom stereocenters. The van der Waals surface area contributed by atoms with E-state index in [0.717, 1.165) is 76.6 Å². The first-order valence-electron chi connectivity index (χ1n) is 16.7. The maximum atomic E-state index is 10.6. The van der Waals surface area contributed by atoms with E-state index in [2.05, 4.69) is 34.9 Å². The Kier molecular flexibility index (Phi) is 7.07. The number of ether oxygens (including phenoxy) is 1. The van der Waals surface area contributed by atoms with Gasteiger partial charge in [-0.2, -0.15) is 9.97 Å². The van der Waals surface area contributed by atoms with Gasteiger partial charge in [-0.05, 0) is 67.2 Å². The lowest BCUT2D eigenvalue weighted by Gasteiger charge is -2.34. The lowest BCUT2D eigenvalue weighted by atomic mass is 9.86. The SMILES string of the molecule is C#Cc1cccc2cc(O)cc(-c3cc4nc(OCC56CC(CC)CN5CC(CC)C6)nc(N5C[C@H]6CC[C@@H](C5)N6)c4cn3)c12. The van der Waals surface area contributed by atoms with Crippen LogP contribution in [0.1, 0.15) is 57.9 Å². The molecular weight excluding hydrogens is 560 g/mol. The van der Waals surface area contributed by atoms with Crippen LogP contribution in [0, 0.1) is 24.2 Å². The number of aromatic hydroxyl groups is 1. The van der Waals surface area contributed by atoms with E-state index < -0.39 is 0 Å². The first-order valence-corrected chi connectivity index (χ1v) is 16.7. The molecule has 8 nitrogen and oxygen atoms in total. The van der Waals surface area contributed by atoms with Gasteiger partial charge in [-0.3, -0.25) is 9.88 Å². The number of piperazine rings is 1. The summed E-state index contributed by atoms with van der Waals surface area (Å²) in [6.07, 6.45) is 14.9. The number of aromatic nitrogens is 3. The zero-order valence-corrected chi connectivity index (χ0v) is 26.3. The number of phenolic OH excluding ortho intramolecular Hbond substituents is 1. The largest absolute Gasteiger partial charge is 0.508 e. The highest BCUT2D eigenvalue weighted by molar-refractivity contribution is 6.02. The van der Waals surface area contributed by atoms with Crippen LogP contribution < -0.4 is 15.0 Å². The van der Waals surface area contributed by atoms with Gasteiger partial charge in [0, 0.05) is 61.0 Å². The molecule has 4 saturated heterocycles. The number of hydrogen-bond donors (Lipinski definition) is 2. The molecular formula is C37H42N6O2. The zero-order valence-electron chi connectivity index (χ0n) is 26.3. The molecule has 4 aliphatic rings. The minimum absolute atomic E-state index is 0.0590. The third kappa shape index (κ3) is 4.97. The molecule has 0 radical (unpaired) electrons. The van der Waals surface area contributed by atoms with E-state index in [1.54, 1.807) is 12.1 Å². The van der Waals surface area contributed by atoms with Gasteiger partial charge in [-0.15, -0.1) is 6.42 Å². The van der Waals surface area contributed by atoms with Crippen molar-refractivity contribution in [2.75, 3.05) is 37.7 Å². The highest BCUT2D eigenvalue weighted by Crippen LogP contribution is 2.46. The van der Waals surface area contributed by atoms with E-state index in [-0.39, 0.29) is 11.3 Å². The first-order chi connectivity index (χ1) is 21.9. The minimum atomic E-state index is 0.0590. The van der Waals surface area contributed by atoms with Gasteiger partial charge in [0.05, 0.1) is 22.1 Å². The van der Waals surface area contributed by atoms with Gasteiger partial charge in [-0.25, -0.2) is 0 Å². The molecule has 4 fully saturated rings. The standard InChI is InChI=1S/C37H42N6O2/c1-4-23-15-37(16-24(5-2)19-43(37)18-23)22-45-36-40-33-14-32(30-13-29(44)12-26-9-7-8-25(6-3)34(26)30)38-17-31(33)35(41-36)42-20-27-10-11-28(21-42)39-27/h3,7-9,12-14,17,23-24,27-28,39,44H,4-5,10-11,15-16,18-22H2,1-2H3/t23?,24?,27-,28+,37?. The lowest BCUT2D eigenvalue weighted by molar-refractivity contribution is 0.107. The summed E-state index contributed by atoms with van der Waals surface area (Å²) in [6.45, 7) is 9.37. The van der Waals surface area contributed by atoms with E-state index >= 15 is 0 Å². The third-order valence-corrected chi connectivity index (χ3v) is 11.0. The fourth-order valence-corrected chi connectivity index (χ4v) is 8.73. The Labute approximate surface area is 265 Å². The van der Waals surface area contributed by atoms with Crippen LogP contribution in [0.25, 0.3) is 32.9 Å². The summed E-state index contributed by atoms with van der Waals surface area (Å²) in [6, 6.07) is 12.7. The average molecular weight is 603 g/mol. The van der Waals surface area contributed by atoms with Crippen LogP contribution in [-0.2, 0) is 0 Å². The monoisotopic (exact) mass is 602 g/mol. The number of anilines is 1. The molecule has 4 aliphatic heterocycles. The Morgan fingerprint density at radius 2 is 1.78 bits per heavy atom. The van der Waals surface area contributed by atoms with Crippen molar-refractivity contribution in [1.29, 1.82) is 0 Å². The number of rotatable bonds is 7. The molecule has 4 aromatic rings. The van der Waals surface area contributed by atoms with E-state index in [1.807, 2.05) is 30.5 Å². The maximum absolute atomic E-state index is 10.6. The molecule has 0 spiro atoms. The third-order valence-electron chi connectivity index (χ3n) is 11.0. The summed E-state index contributed by atoms with van der Waals surface area (Å²) >= 11 is 0. The van der Waals surface area contributed by atoms with Crippen LogP contribution in [0.3, 0.4) is 0 Å². The lowest BCUT2D eigenvalue weighted by Crippen LogP contribution is -2.51. The topological polar surface area (TPSA) is 86.6 Å². The van der Waals surface area contributed by atoms with Crippen molar-refractivity contribution in [3.8, 4) is 35.4 Å². The van der Waals surface area contributed by atoms with Gasteiger partial charge in [0.25, 0.3) is 0 Å². The Morgan fingerprint density at radius 3 is 2.49 bits per heavy atom. The highest BCUT2D eigenvalue weighted by atomic mass is 16.5. The highest BCUT2D eigenvalue weighted by Gasteiger charge is 2.51. The molecule has 2 aromatic heterocycles. The molecule has 2 N–H and O–H groups in total. The summed E-state index contributed by atoms with van der Waals surface area (Å²) in [5, 5.41) is 17.1. The smallest absolute Gasteiger partial charge is 0.319 e. The molecule has 2 bridgehead atoms. The van der Waals surface area contributed by atoms with Crippen LogP contribution in [0.5, 0.6) is 11.8 Å². The number of nitrogens with one attached hydrogen (secondary N) is 1. The van der Waals surface area contributed by atoms with Crippen molar-refractivity contribution in [3.63, 3.8) is 0 Å². The Bertz CT molecular complexity index is 1790. The van der Waals surface area contributed by atoms with Crippen LogP contribution >= 0.6 is 0 Å². The Balaban J connectivity index is 1.21. The average Bonchev–Trinajstić information content (AvgIpc) is 3.70. The predicted octanol–water partition coefficient (Wildman–Crippen LogP) is 5.75. The second-order valence-corrected chi connectivity index (χ2v) is 13.9. The quantitative estimate of drug-likeness (QED) is 0.259. The normalized spacial score (nSPS) is 27.7. The molecule has 45 heavy (non-hydrogen) atoms. The molecule has 2 unspecified atom stereocenters. The van der Waals surface area contributed by atoms with Crippen molar-refractivity contribution in [1.82, 2.24) is 25.2 Å². The summed E-state index contributed by atoms with van der Waals surface area (Å²) in [4.78, 5) is 20.1. The second-order valence-electron chi connectivity index (χ2n) is 13.9. The number of terminal acetylenes is 1. The van der Waals surface area contributed by atoms with Crippen molar-refractivity contribution in [3.05, 3.63) is 48.2 Å². The molecule has 0 aliphatic carbocycles. The summed E-state index contributed by atoms with van der Waals surface area (Å²) in [5.41, 5.74) is 3.09. The van der Waals surface area contributed by atoms with Gasteiger partial charge in [0.15, 0.2) is 0 Å². The number of benzene rings is 2. The Hall–Kier alpha value is -3.93. The summed E-state index contributed by atoms with van der Waals surface area (Å²) in [7, 11) is 0. The number of hydrogen-bond acceptors (Lipinski definition) is 8.